The van der Waals surface area contributed by atoms with Gasteiger partial charge in [0.15, 0.2) is 0 Å². The average Bonchev–Trinajstić information content (AvgIpc) is 3.13. The van der Waals surface area contributed by atoms with Crippen LogP contribution in [0.5, 0.6) is 0 Å². The summed E-state index contributed by atoms with van der Waals surface area (Å²) in [4.78, 5) is 5.77. The van der Waals surface area contributed by atoms with Gasteiger partial charge >= 0.3 is 0 Å². The van der Waals surface area contributed by atoms with Crippen molar-refractivity contribution in [2.75, 3.05) is 26.2 Å². The SMILES string of the molecule is CCCCC/C=C\C/C=C\CCCCCCCCC(CCCCCCCC/C=C\C/C=C\CCCCC)N1CCN(C(CCC)CCC)CC1. The zero-order chi connectivity index (χ0) is 36.0. The number of piperazine rings is 1. The quantitative estimate of drug-likeness (QED) is 0.0476. The second kappa shape index (κ2) is 37.6. The molecule has 0 amide bonds. The Bertz CT molecular complexity index is 732. The largest absolute Gasteiger partial charge is 0.298 e. The number of hydrogen-bond donors (Lipinski definition) is 0. The predicted molar refractivity (Wildman–Crippen MR) is 228 cm³/mol. The minimum absolute atomic E-state index is 0.824. The van der Waals surface area contributed by atoms with Crippen LogP contribution in [0.3, 0.4) is 0 Å². The summed E-state index contributed by atoms with van der Waals surface area (Å²) in [7, 11) is 0. The van der Waals surface area contributed by atoms with Gasteiger partial charge in [0.1, 0.15) is 0 Å². The van der Waals surface area contributed by atoms with Crippen molar-refractivity contribution in [1.29, 1.82) is 0 Å². The molecule has 1 aliphatic rings. The third-order valence-electron chi connectivity index (χ3n) is 11.1. The highest BCUT2D eigenvalue weighted by Crippen LogP contribution is 2.23. The minimum Gasteiger partial charge on any atom is -0.298 e. The first kappa shape index (κ1) is 46.9. The molecule has 0 saturated carbocycles. The molecule has 0 N–H and O–H groups in total. The van der Waals surface area contributed by atoms with Gasteiger partial charge in [-0.25, -0.2) is 0 Å². The van der Waals surface area contributed by atoms with Crippen LogP contribution >= 0.6 is 0 Å². The van der Waals surface area contributed by atoms with E-state index in [9.17, 15) is 0 Å². The Morgan fingerprint density at radius 3 is 0.960 bits per heavy atom. The number of allylic oxidation sites excluding steroid dienone is 8. The molecule has 0 radical (unpaired) electrons. The molecular formula is C48H90N2. The first-order valence-electron chi connectivity index (χ1n) is 22.8. The van der Waals surface area contributed by atoms with Gasteiger partial charge < -0.3 is 0 Å². The molecule has 0 atom stereocenters. The Morgan fingerprint density at radius 1 is 0.320 bits per heavy atom. The van der Waals surface area contributed by atoms with E-state index in [1.807, 2.05) is 0 Å². The third kappa shape index (κ3) is 28.5. The van der Waals surface area contributed by atoms with E-state index in [1.54, 1.807) is 0 Å². The van der Waals surface area contributed by atoms with Gasteiger partial charge in [-0.1, -0.05) is 179 Å². The summed E-state index contributed by atoms with van der Waals surface area (Å²) in [6.45, 7) is 14.5. The van der Waals surface area contributed by atoms with Crippen LogP contribution in [0.25, 0.3) is 0 Å². The van der Waals surface area contributed by atoms with Crippen LogP contribution in [0.4, 0.5) is 0 Å². The lowest BCUT2D eigenvalue weighted by Gasteiger charge is -2.42. The van der Waals surface area contributed by atoms with E-state index in [-0.39, 0.29) is 0 Å². The molecule has 2 heteroatoms. The van der Waals surface area contributed by atoms with Crippen LogP contribution in [0.15, 0.2) is 48.6 Å². The van der Waals surface area contributed by atoms with E-state index >= 15 is 0 Å². The average molecular weight is 695 g/mol. The molecule has 0 aliphatic carbocycles. The van der Waals surface area contributed by atoms with Gasteiger partial charge in [-0.3, -0.25) is 9.80 Å². The Hall–Kier alpha value is -1.12. The van der Waals surface area contributed by atoms with E-state index < -0.39 is 0 Å². The van der Waals surface area contributed by atoms with E-state index in [2.05, 4.69) is 86.1 Å². The first-order chi connectivity index (χ1) is 24.8. The van der Waals surface area contributed by atoms with Crippen molar-refractivity contribution >= 4 is 0 Å². The Kier molecular flexibility index (Phi) is 35.3. The van der Waals surface area contributed by atoms with Crippen molar-refractivity contribution in [2.45, 2.75) is 232 Å². The van der Waals surface area contributed by atoms with Gasteiger partial charge in [-0.2, -0.15) is 0 Å². The number of rotatable bonds is 36. The van der Waals surface area contributed by atoms with Gasteiger partial charge in [-0.15, -0.1) is 0 Å². The van der Waals surface area contributed by atoms with E-state index in [0.29, 0.717) is 0 Å². The van der Waals surface area contributed by atoms with Crippen molar-refractivity contribution in [3.8, 4) is 0 Å². The van der Waals surface area contributed by atoms with Crippen molar-refractivity contribution in [3.63, 3.8) is 0 Å². The molecule has 0 aromatic carbocycles. The summed E-state index contributed by atoms with van der Waals surface area (Å²) in [5.41, 5.74) is 0. The van der Waals surface area contributed by atoms with Crippen molar-refractivity contribution < 1.29 is 0 Å². The van der Waals surface area contributed by atoms with E-state index in [1.165, 1.54) is 206 Å². The summed E-state index contributed by atoms with van der Waals surface area (Å²) >= 11 is 0. The zero-order valence-electron chi connectivity index (χ0n) is 34.7. The molecule has 50 heavy (non-hydrogen) atoms. The molecule has 0 unspecified atom stereocenters. The summed E-state index contributed by atoms with van der Waals surface area (Å²) in [5, 5.41) is 0. The molecular weight excluding hydrogens is 605 g/mol. The van der Waals surface area contributed by atoms with Gasteiger partial charge in [0.25, 0.3) is 0 Å². The van der Waals surface area contributed by atoms with Gasteiger partial charge in [0, 0.05) is 38.3 Å². The predicted octanol–water partition coefficient (Wildman–Crippen LogP) is 15.3. The molecule has 292 valence electrons. The summed E-state index contributed by atoms with van der Waals surface area (Å²) in [6.07, 6.45) is 59.7. The molecule has 2 nitrogen and oxygen atoms in total. The highest BCUT2D eigenvalue weighted by atomic mass is 15.3. The lowest BCUT2D eigenvalue weighted by Crippen LogP contribution is -2.53. The maximum absolute atomic E-state index is 2.92. The summed E-state index contributed by atoms with van der Waals surface area (Å²) in [5.74, 6) is 0. The Balaban J connectivity index is 2.28. The van der Waals surface area contributed by atoms with Crippen molar-refractivity contribution in [3.05, 3.63) is 48.6 Å². The molecule has 1 rings (SSSR count). The van der Waals surface area contributed by atoms with Crippen LogP contribution in [-0.4, -0.2) is 48.1 Å². The second-order valence-corrected chi connectivity index (χ2v) is 15.7. The van der Waals surface area contributed by atoms with Crippen LogP contribution in [-0.2, 0) is 0 Å². The van der Waals surface area contributed by atoms with E-state index in [0.717, 1.165) is 24.9 Å². The van der Waals surface area contributed by atoms with Crippen molar-refractivity contribution in [1.82, 2.24) is 9.80 Å². The Morgan fingerprint density at radius 2 is 0.620 bits per heavy atom. The highest BCUT2D eigenvalue weighted by molar-refractivity contribution is 4.93. The molecule has 0 aromatic rings. The fourth-order valence-corrected chi connectivity index (χ4v) is 7.89. The molecule has 1 heterocycles. The number of unbranched alkanes of at least 4 members (excludes halogenated alkanes) is 18. The lowest BCUT2D eigenvalue weighted by atomic mass is 9.97. The fraction of sp³-hybridized carbons (Fsp3) is 0.833. The monoisotopic (exact) mass is 695 g/mol. The summed E-state index contributed by atoms with van der Waals surface area (Å²) < 4.78 is 0. The molecule has 1 aliphatic heterocycles. The lowest BCUT2D eigenvalue weighted by molar-refractivity contribution is 0.0558. The van der Waals surface area contributed by atoms with Crippen LogP contribution in [0, 0.1) is 0 Å². The smallest absolute Gasteiger partial charge is 0.0113 e. The van der Waals surface area contributed by atoms with Gasteiger partial charge in [0.05, 0.1) is 0 Å². The van der Waals surface area contributed by atoms with Gasteiger partial charge in [-0.05, 0) is 89.9 Å². The maximum Gasteiger partial charge on any atom is 0.0113 e. The van der Waals surface area contributed by atoms with E-state index in [4.69, 9.17) is 0 Å². The number of hydrogen-bond acceptors (Lipinski definition) is 2. The molecule has 1 fully saturated rings. The second-order valence-electron chi connectivity index (χ2n) is 15.7. The molecule has 0 bridgehead atoms. The normalized spacial score (nSPS) is 15.2. The first-order valence-corrected chi connectivity index (χ1v) is 22.8. The Labute approximate surface area is 316 Å². The van der Waals surface area contributed by atoms with Crippen LogP contribution < -0.4 is 0 Å². The summed E-state index contributed by atoms with van der Waals surface area (Å²) in [6, 6.07) is 1.65. The third-order valence-corrected chi connectivity index (χ3v) is 11.1. The number of nitrogens with zero attached hydrogens (tertiary/aromatic N) is 2. The van der Waals surface area contributed by atoms with Gasteiger partial charge in [0.2, 0.25) is 0 Å². The topological polar surface area (TPSA) is 6.48 Å². The van der Waals surface area contributed by atoms with Crippen LogP contribution in [0.2, 0.25) is 0 Å². The maximum atomic E-state index is 2.92. The minimum atomic E-state index is 0.824. The molecule has 0 spiro atoms. The molecule has 0 aromatic heterocycles. The van der Waals surface area contributed by atoms with Crippen molar-refractivity contribution in [2.24, 2.45) is 0 Å². The zero-order valence-corrected chi connectivity index (χ0v) is 34.7. The highest BCUT2D eigenvalue weighted by Gasteiger charge is 2.26. The molecule has 1 saturated heterocycles. The van der Waals surface area contributed by atoms with Crippen LogP contribution in [0.1, 0.15) is 220 Å². The standard InChI is InChI=1S/C48H90N2/c1-5-9-11-13-15-17-19-21-23-25-27-29-31-33-35-37-41-48(50-45-43-49(44-46-50)47(39-7-3)40-8-4)42-38-36-34-32-30-28-26-24-22-20-18-16-14-12-10-6-2/h15-18,21-24,47-48H,5-14,19-20,25-46H2,1-4H3/b17-15-,18-16-,23-21-,24-22-. The fourth-order valence-electron chi connectivity index (χ4n) is 7.89.